The van der Waals surface area contributed by atoms with Gasteiger partial charge in [0, 0.05) is 25.0 Å². The van der Waals surface area contributed by atoms with Gasteiger partial charge in [-0.3, -0.25) is 9.98 Å². The summed E-state index contributed by atoms with van der Waals surface area (Å²) < 4.78 is 13.1. The summed E-state index contributed by atoms with van der Waals surface area (Å²) in [4.78, 5) is 8.61. The number of nitrogens with zero attached hydrogens (tertiary/aromatic N) is 2. The average Bonchev–Trinajstić information content (AvgIpc) is 3.43. The van der Waals surface area contributed by atoms with Crippen molar-refractivity contribution in [3.63, 3.8) is 0 Å². The van der Waals surface area contributed by atoms with E-state index in [1.807, 2.05) is 31.3 Å². The molecule has 178 valence electrons. The van der Waals surface area contributed by atoms with Gasteiger partial charge in [0.2, 0.25) is 0 Å². The van der Waals surface area contributed by atoms with Gasteiger partial charge in [0.05, 0.1) is 5.71 Å². The molecular weight excluding hydrogens is 409 g/mol. The predicted molar refractivity (Wildman–Crippen MR) is 142 cm³/mol. The Morgan fingerprint density at radius 2 is 1.55 bits per heavy atom. The molecule has 0 saturated heterocycles. The van der Waals surface area contributed by atoms with Gasteiger partial charge in [-0.25, -0.2) is 4.39 Å². The van der Waals surface area contributed by atoms with Crippen LogP contribution in [0.4, 0.5) is 4.39 Å². The van der Waals surface area contributed by atoms with Gasteiger partial charge in [-0.05, 0) is 61.4 Å². The van der Waals surface area contributed by atoms with E-state index in [1.165, 1.54) is 61.6 Å². The molecule has 1 aliphatic rings. The molecule has 3 rings (SSSR count). The van der Waals surface area contributed by atoms with Gasteiger partial charge in [-0.15, -0.1) is 12.8 Å². The van der Waals surface area contributed by atoms with Crippen molar-refractivity contribution in [1.82, 2.24) is 4.98 Å². The van der Waals surface area contributed by atoms with E-state index in [4.69, 9.17) is 0 Å². The molecule has 1 aromatic carbocycles. The maximum absolute atomic E-state index is 13.1. The third-order valence-electron chi connectivity index (χ3n) is 5.11. The van der Waals surface area contributed by atoms with E-state index in [2.05, 4.69) is 49.0 Å². The number of aromatic nitrogens is 1. The first kappa shape index (κ1) is 29.8. The summed E-state index contributed by atoms with van der Waals surface area (Å²) in [7, 11) is 1.83. The molecule has 1 aliphatic carbocycles. The van der Waals surface area contributed by atoms with Gasteiger partial charge in [0.1, 0.15) is 5.82 Å². The number of hydrogen-bond acceptors (Lipinski definition) is 3. The molecule has 0 spiro atoms. The van der Waals surface area contributed by atoms with Gasteiger partial charge in [0.15, 0.2) is 0 Å². The number of hydrogen-bond donors (Lipinski definition) is 1. The summed E-state index contributed by atoms with van der Waals surface area (Å²) in [5.74, 6) is -0.197. The van der Waals surface area contributed by atoms with Crippen LogP contribution in [-0.2, 0) is 6.42 Å². The smallest absolute Gasteiger partial charge is 0.123 e. The van der Waals surface area contributed by atoms with Crippen LogP contribution < -0.4 is 5.73 Å². The Morgan fingerprint density at radius 1 is 1.06 bits per heavy atom. The van der Waals surface area contributed by atoms with Crippen molar-refractivity contribution in [3.05, 3.63) is 89.7 Å². The normalized spacial score (nSPS) is 13.1. The van der Waals surface area contributed by atoms with Crippen LogP contribution in [0.25, 0.3) is 0 Å². The molecule has 0 atom stereocenters. The zero-order valence-corrected chi connectivity index (χ0v) is 20.6. The second-order valence-corrected chi connectivity index (χ2v) is 7.62. The lowest BCUT2D eigenvalue weighted by Crippen LogP contribution is -2.09. The third kappa shape index (κ3) is 12.4. The molecule has 3 nitrogen and oxygen atoms in total. The number of nitrogens with two attached hydrogens (primary N) is 1. The predicted octanol–water partition coefficient (Wildman–Crippen LogP) is 7.29. The van der Waals surface area contributed by atoms with Crippen molar-refractivity contribution in [2.45, 2.75) is 65.2 Å². The number of rotatable bonds is 6. The van der Waals surface area contributed by atoms with Crippen LogP contribution in [0, 0.1) is 18.7 Å². The fourth-order valence-electron chi connectivity index (χ4n) is 3.63. The number of benzene rings is 1. The fraction of sp³-hybridized carbons (Fsp3) is 0.379. The molecule has 33 heavy (non-hydrogen) atoms. The minimum atomic E-state index is -0.197. The third-order valence-corrected chi connectivity index (χ3v) is 5.11. The number of allylic oxidation sites excluding steroid dienone is 2. The summed E-state index contributed by atoms with van der Waals surface area (Å²) in [6, 6.07) is 10.7. The Kier molecular flexibility index (Phi) is 17.6. The molecule has 0 radical (unpaired) electrons. The topological polar surface area (TPSA) is 51.3 Å². The van der Waals surface area contributed by atoms with E-state index in [9.17, 15) is 4.39 Å². The van der Waals surface area contributed by atoms with E-state index < -0.39 is 0 Å². The lowest BCUT2D eigenvalue weighted by molar-refractivity contribution is 0.627. The van der Waals surface area contributed by atoms with Crippen LogP contribution in [0.1, 0.15) is 69.9 Å². The Balaban J connectivity index is 0.000000857. The first-order chi connectivity index (χ1) is 16.1. The first-order valence-electron chi connectivity index (χ1n) is 11.5. The summed E-state index contributed by atoms with van der Waals surface area (Å²) in [6.45, 7) is 7.45. The molecule has 0 unspecified atom stereocenters. The monoisotopic (exact) mass is 449 g/mol. The average molecular weight is 450 g/mol. The van der Waals surface area contributed by atoms with Crippen LogP contribution >= 0.6 is 0 Å². The van der Waals surface area contributed by atoms with Crippen molar-refractivity contribution >= 4 is 5.71 Å². The zero-order chi connectivity index (χ0) is 24.9. The highest BCUT2D eigenvalue weighted by Crippen LogP contribution is 2.21. The molecule has 0 bridgehead atoms. The van der Waals surface area contributed by atoms with Crippen molar-refractivity contribution < 1.29 is 4.39 Å². The molecule has 1 aromatic heterocycles. The Morgan fingerprint density at radius 3 is 1.97 bits per heavy atom. The van der Waals surface area contributed by atoms with Crippen LogP contribution in [0.3, 0.4) is 0 Å². The molecule has 1 saturated carbocycles. The minimum Gasteiger partial charge on any atom is -0.405 e. The van der Waals surface area contributed by atoms with Crippen LogP contribution in [0.2, 0.25) is 0 Å². The Labute approximate surface area is 200 Å². The first-order valence-corrected chi connectivity index (χ1v) is 11.5. The van der Waals surface area contributed by atoms with Crippen LogP contribution in [0.5, 0.6) is 0 Å². The standard InChI is InChI=1S/C20H23FN2.C5H10.C2H5N.C2H2/c1-4-5-19(20(22-3)17-10-12-23-13-11-17)15(2)14-16-6-8-18(21)9-7-16;1-2-4-5-3-1;1-2-3;1-2/h6-13H,4-5,14H2,1-3H3;1-5H2;2H,1,3H2;1-2H/b19-15+,22-20?;;;. The van der Waals surface area contributed by atoms with Crippen molar-refractivity contribution in [2.75, 3.05) is 7.05 Å². The Hall–Kier alpha value is -3.19. The highest BCUT2D eigenvalue weighted by Gasteiger charge is 2.12. The van der Waals surface area contributed by atoms with E-state index in [1.54, 1.807) is 12.4 Å². The molecule has 1 heterocycles. The van der Waals surface area contributed by atoms with E-state index >= 15 is 0 Å². The van der Waals surface area contributed by atoms with Crippen LogP contribution in [0.15, 0.2) is 77.7 Å². The van der Waals surface area contributed by atoms with Gasteiger partial charge in [-0.1, -0.05) is 69.7 Å². The quantitative estimate of drug-likeness (QED) is 0.372. The van der Waals surface area contributed by atoms with E-state index in [0.29, 0.717) is 0 Å². The lowest BCUT2D eigenvalue weighted by Gasteiger charge is -2.15. The molecule has 2 N–H and O–H groups in total. The largest absolute Gasteiger partial charge is 0.405 e. The van der Waals surface area contributed by atoms with Gasteiger partial charge < -0.3 is 5.73 Å². The number of halogens is 1. The second kappa shape index (κ2) is 19.5. The molecule has 4 heteroatoms. The SMILES string of the molecule is C#C.C1CCCC1.C=CN.CCC/C(C(=NC)c1ccncc1)=C(/C)Cc1ccc(F)cc1. The van der Waals surface area contributed by atoms with Gasteiger partial charge in [0.25, 0.3) is 0 Å². The number of aliphatic imine (C=N–C) groups is 1. The van der Waals surface area contributed by atoms with Crippen molar-refractivity contribution in [2.24, 2.45) is 10.7 Å². The number of terminal acetylenes is 1. The maximum atomic E-state index is 13.1. The van der Waals surface area contributed by atoms with Crippen molar-refractivity contribution in [3.8, 4) is 12.8 Å². The summed E-state index contributed by atoms with van der Waals surface area (Å²) in [5.41, 5.74) is 10.4. The molecular formula is C29H40FN3. The summed E-state index contributed by atoms with van der Waals surface area (Å²) >= 11 is 0. The zero-order valence-electron chi connectivity index (χ0n) is 20.6. The molecule has 1 fully saturated rings. The minimum absolute atomic E-state index is 0.197. The molecule has 2 aromatic rings. The second-order valence-electron chi connectivity index (χ2n) is 7.62. The van der Waals surface area contributed by atoms with E-state index in [0.717, 1.165) is 36.1 Å². The van der Waals surface area contributed by atoms with Crippen LogP contribution in [-0.4, -0.2) is 17.7 Å². The summed E-state index contributed by atoms with van der Waals surface area (Å²) in [6.07, 6.45) is 23.2. The Bertz CT molecular complexity index is 838. The fourth-order valence-corrected chi connectivity index (χ4v) is 3.63. The highest BCUT2D eigenvalue weighted by atomic mass is 19.1. The molecule has 0 aliphatic heterocycles. The van der Waals surface area contributed by atoms with Gasteiger partial charge >= 0.3 is 0 Å². The maximum Gasteiger partial charge on any atom is 0.123 e. The molecule has 0 amide bonds. The highest BCUT2D eigenvalue weighted by molar-refractivity contribution is 6.12. The summed E-state index contributed by atoms with van der Waals surface area (Å²) in [5, 5.41) is 0. The van der Waals surface area contributed by atoms with Crippen molar-refractivity contribution in [1.29, 1.82) is 0 Å². The van der Waals surface area contributed by atoms with Gasteiger partial charge in [-0.2, -0.15) is 0 Å². The van der Waals surface area contributed by atoms with E-state index in [-0.39, 0.29) is 5.82 Å². The number of pyridine rings is 1. The lowest BCUT2D eigenvalue weighted by atomic mass is 9.92.